The van der Waals surface area contributed by atoms with Crippen molar-refractivity contribution in [3.05, 3.63) is 0 Å². The van der Waals surface area contributed by atoms with Gasteiger partial charge in [-0.25, -0.2) is 0 Å². The van der Waals surface area contributed by atoms with Crippen LogP contribution in [0, 0.1) is 0 Å². The first-order valence-corrected chi connectivity index (χ1v) is 11.0. The van der Waals surface area contributed by atoms with E-state index in [-0.39, 0.29) is 6.54 Å². The van der Waals surface area contributed by atoms with Crippen molar-refractivity contribution < 1.29 is 15.3 Å². The highest BCUT2D eigenvalue weighted by molar-refractivity contribution is 4.72. The monoisotopic (exact) mass is 374 g/mol. The Balaban J connectivity index is 3.68. The van der Waals surface area contributed by atoms with Gasteiger partial charge in [-0.2, -0.15) is 0 Å². The molecule has 0 aliphatic carbocycles. The summed E-state index contributed by atoms with van der Waals surface area (Å²) >= 11 is 0. The van der Waals surface area contributed by atoms with Gasteiger partial charge >= 0.3 is 0 Å². The van der Waals surface area contributed by atoms with Crippen molar-refractivity contribution in [3.63, 3.8) is 0 Å². The van der Waals surface area contributed by atoms with Crippen LogP contribution in [0.2, 0.25) is 0 Å². The third-order valence-electron chi connectivity index (χ3n) is 5.07. The molecule has 0 aliphatic rings. The topological polar surface area (TPSA) is 90.0 Å². The predicted molar refractivity (Wildman–Crippen MR) is 110 cm³/mol. The van der Waals surface area contributed by atoms with Crippen LogP contribution in [0.15, 0.2) is 0 Å². The van der Waals surface area contributed by atoms with E-state index in [0.717, 1.165) is 13.0 Å². The summed E-state index contributed by atoms with van der Waals surface area (Å²) < 4.78 is 0. The molecule has 0 radical (unpaired) electrons. The zero-order chi connectivity index (χ0) is 19.6. The molecule has 0 aromatic rings. The summed E-state index contributed by atoms with van der Waals surface area (Å²) in [6, 6.07) is 0. The standard InChI is InChI=1S/C21H46N2O3/c1-3-4-5-6-7-8-9-10-11-12-13-14-15-23(17-20(25)16-22)18-21(26)19(2)24/h19-21,24-26H,3-18,22H2,1-2H3. The lowest BCUT2D eigenvalue weighted by Crippen LogP contribution is -2.43. The molecule has 5 heteroatoms. The number of aliphatic hydroxyl groups excluding tert-OH is 3. The summed E-state index contributed by atoms with van der Waals surface area (Å²) in [5, 5.41) is 29.1. The first kappa shape index (κ1) is 25.8. The molecule has 0 fully saturated rings. The molecule has 0 aliphatic heterocycles. The summed E-state index contributed by atoms with van der Waals surface area (Å²) in [7, 11) is 0. The van der Waals surface area contributed by atoms with Crippen LogP contribution in [0.3, 0.4) is 0 Å². The van der Waals surface area contributed by atoms with Gasteiger partial charge in [-0.3, -0.25) is 4.90 Å². The quantitative estimate of drug-likeness (QED) is 0.261. The van der Waals surface area contributed by atoms with E-state index < -0.39 is 18.3 Å². The maximum absolute atomic E-state index is 9.87. The highest BCUT2D eigenvalue weighted by atomic mass is 16.3. The molecule has 0 amide bonds. The highest BCUT2D eigenvalue weighted by Crippen LogP contribution is 2.12. The second kappa shape index (κ2) is 18.2. The van der Waals surface area contributed by atoms with Crippen molar-refractivity contribution in [1.29, 1.82) is 0 Å². The van der Waals surface area contributed by atoms with Crippen molar-refractivity contribution in [2.45, 2.75) is 109 Å². The largest absolute Gasteiger partial charge is 0.391 e. The molecule has 5 N–H and O–H groups in total. The van der Waals surface area contributed by atoms with Crippen molar-refractivity contribution in [3.8, 4) is 0 Å². The van der Waals surface area contributed by atoms with Crippen LogP contribution in [0.5, 0.6) is 0 Å². The second-order valence-corrected chi connectivity index (χ2v) is 7.85. The summed E-state index contributed by atoms with van der Waals surface area (Å²) in [5.41, 5.74) is 5.49. The molecular weight excluding hydrogens is 328 g/mol. The van der Waals surface area contributed by atoms with Gasteiger partial charge in [0.15, 0.2) is 0 Å². The number of nitrogens with two attached hydrogens (primary N) is 1. The van der Waals surface area contributed by atoms with Crippen molar-refractivity contribution >= 4 is 0 Å². The van der Waals surface area contributed by atoms with Gasteiger partial charge in [0.1, 0.15) is 0 Å². The molecule has 0 bridgehead atoms. The molecule has 0 aromatic heterocycles. The second-order valence-electron chi connectivity index (χ2n) is 7.85. The van der Waals surface area contributed by atoms with E-state index in [1.165, 1.54) is 70.6 Å². The van der Waals surface area contributed by atoms with Gasteiger partial charge < -0.3 is 21.1 Å². The van der Waals surface area contributed by atoms with Crippen molar-refractivity contribution in [2.75, 3.05) is 26.2 Å². The Morgan fingerprint density at radius 2 is 1.19 bits per heavy atom. The predicted octanol–water partition coefficient (Wildman–Crippen LogP) is 3.05. The molecule has 0 heterocycles. The normalized spacial score (nSPS) is 15.3. The molecule has 3 atom stereocenters. The fourth-order valence-corrected chi connectivity index (χ4v) is 3.22. The average molecular weight is 375 g/mol. The van der Waals surface area contributed by atoms with Gasteiger partial charge in [-0.15, -0.1) is 0 Å². The average Bonchev–Trinajstić information content (AvgIpc) is 2.62. The lowest BCUT2D eigenvalue weighted by atomic mass is 10.1. The molecule has 0 saturated heterocycles. The van der Waals surface area contributed by atoms with Gasteiger partial charge in [0.2, 0.25) is 0 Å². The minimum atomic E-state index is -0.780. The number of nitrogens with zero attached hydrogens (tertiary/aromatic N) is 1. The Hall–Kier alpha value is -0.200. The smallest absolute Gasteiger partial charge is 0.0922 e. The van der Waals surface area contributed by atoms with E-state index in [1.807, 2.05) is 4.90 Å². The third-order valence-corrected chi connectivity index (χ3v) is 5.07. The first-order chi connectivity index (χ1) is 12.5. The Morgan fingerprint density at radius 1 is 0.731 bits per heavy atom. The maximum atomic E-state index is 9.87. The molecule has 0 spiro atoms. The van der Waals surface area contributed by atoms with Gasteiger partial charge in [0.25, 0.3) is 0 Å². The van der Waals surface area contributed by atoms with Gasteiger partial charge in [-0.05, 0) is 19.9 Å². The van der Waals surface area contributed by atoms with Crippen LogP contribution < -0.4 is 5.73 Å². The van der Waals surface area contributed by atoms with E-state index in [2.05, 4.69) is 6.92 Å². The number of rotatable bonds is 19. The Morgan fingerprint density at radius 3 is 1.62 bits per heavy atom. The van der Waals surface area contributed by atoms with Crippen molar-refractivity contribution in [1.82, 2.24) is 4.90 Å². The Kier molecular flexibility index (Phi) is 18.0. The molecular formula is C21H46N2O3. The minimum absolute atomic E-state index is 0.222. The number of hydrogen-bond acceptors (Lipinski definition) is 5. The SMILES string of the molecule is CCCCCCCCCCCCCCN(CC(O)CN)CC(O)C(C)O. The fourth-order valence-electron chi connectivity index (χ4n) is 3.22. The lowest BCUT2D eigenvalue weighted by molar-refractivity contribution is -0.00121. The molecule has 158 valence electrons. The zero-order valence-corrected chi connectivity index (χ0v) is 17.4. The van der Waals surface area contributed by atoms with Crippen molar-refractivity contribution in [2.24, 2.45) is 5.73 Å². The van der Waals surface area contributed by atoms with Crippen LogP contribution in [0.25, 0.3) is 0 Å². The summed E-state index contributed by atoms with van der Waals surface area (Å²) in [4.78, 5) is 2.02. The maximum Gasteiger partial charge on any atom is 0.0922 e. The minimum Gasteiger partial charge on any atom is -0.391 e. The molecule has 0 saturated carbocycles. The van der Waals surface area contributed by atoms with Crippen LogP contribution in [0.1, 0.15) is 90.9 Å². The number of hydrogen-bond donors (Lipinski definition) is 4. The van der Waals surface area contributed by atoms with Gasteiger partial charge in [-0.1, -0.05) is 77.6 Å². The molecule has 0 rings (SSSR count). The molecule has 5 nitrogen and oxygen atoms in total. The molecule has 0 aromatic carbocycles. The highest BCUT2D eigenvalue weighted by Gasteiger charge is 2.17. The van der Waals surface area contributed by atoms with Gasteiger partial charge in [0.05, 0.1) is 18.3 Å². The van der Waals surface area contributed by atoms with Crippen LogP contribution in [-0.2, 0) is 0 Å². The summed E-state index contributed by atoms with van der Waals surface area (Å²) in [6.45, 7) is 5.74. The third kappa shape index (κ3) is 16.0. The van der Waals surface area contributed by atoms with E-state index >= 15 is 0 Å². The fraction of sp³-hybridized carbons (Fsp3) is 1.00. The Labute approximate surface area is 162 Å². The first-order valence-electron chi connectivity index (χ1n) is 11.0. The van der Waals surface area contributed by atoms with Crippen LogP contribution in [-0.4, -0.2) is 64.7 Å². The van der Waals surface area contributed by atoms with E-state index in [4.69, 9.17) is 5.73 Å². The Bertz CT molecular complexity index is 290. The zero-order valence-electron chi connectivity index (χ0n) is 17.4. The summed E-state index contributed by atoms with van der Waals surface area (Å²) in [5.74, 6) is 0. The van der Waals surface area contributed by atoms with E-state index in [9.17, 15) is 15.3 Å². The summed E-state index contributed by atoms with van der Waals surface area (Å²) in [6.07, 6.45) is 13.7. The van der Waals surface area contributed by atoms with E-state index in [1.54, 1.807) is 6.92 Å². The van der Waals surface area contributed by atoms with Gasteiger partial charge in [0, 0.05) is 19.6 Å². The van der Waals surface area contributed by atoms with Crippen LogP contribution >= 0.6 is 0 Å². The molecule has 3 unspecified atom stereocenters. The lowest BCUT2D eigenvalue weighted by Gasteiger charge is -2.28. The molecule has 26 heavy (non-hydrogen) atoms. The van der Waals surface area contributed by atoms with Crippen LogP contribution in [0.4, 0.5) is 0 Å². The number of unbranched alkanes of at least 4 members (excludes halogenated alkanes) is 11. The van der Waals surface area contributed by atoms with E-state index in [0.29, 0.717) is 13.1 Å². The number of aliphatic hydroxyl groups is 3.